The third-order valence-corrected chi connectivity index (χ3v) is 4.11. The van der Waals surface area contributed by atoms with Crippen molar-refractivity contribution < 1.29 is 0 Å². The molecule has 2 aromatic rings. The Morgan fingerprint density at radius 3 is 3.05 bits per heavy atom. The molecule has 0 radical (unpaired) electrons. The van der Waals surface area contributed by atoms with Gasteiger partial charge in [-0.15, -0.1) is 0 Å². The second-order valence-electron chi connectivity index (χ2n) is 5.19. The molecule has 1 atom stereocenters. The lowest BCUT2D eigenvalue weighted by Crippen LogP contribution is -2.45. The average Bonchev–Trinajstić information content (AvgIpc) is 2.85. The molecule has 0 bridgehead atoms. The number of nitrogens with zero attached hydrogens (tertiary/aromatic N) is 3. The number of rotatable bonds is 3. The summed E-state index contributed by atoms with van der Waals surface area (Å²) in [5.41, 5.74) is 2.51. The second-order valence-corrected chi connectivity index (χ2v) is 5.63. The van der Waals surface area contributed by atoms with Gasteiger partial charge in [0.05, 0.1) is 5.69 Å². The van der Waals surface area contributed by atoms with E-state index in [-0.39, 0.29) is 0 Å². The second kappa shape index (κ2) is 5.95. The lowest BCUT2D eigenvalue weighted by molar-refractivity contribution is 0.150. The van der Waals surface area contributed by atoms with Crippen molar-refractivity contribution in [3.8, 4) is 0 Å². The van der Waals surface area contributed by atoms with Crippen molar-refractivity contribution >= 4 is 11.6 Å². The standard InChI is InChI=1S/C15H19ClN4/c1-19-14(5-6-18-19)11-20-8-7-17-10-15(20)12-3-2-4-13(16)9-12/h2-6,9,15,17H,7-8,10-11H2,1H3. The van der Waals surface area contributed by atoms with Gasteiger partial charge in [0, 0.05) is 50.5 Å². The van der Waals surface area contributed by atoms with Crippen molar-refractivity contribution in [1.82, 2.24) is 20.0 Å². The zero-order chi connectivity index (χ0) is 13.9. The highest BCUT2D eigenvalue weighted by Gasteiger charge is 2.24. The van der Waals surface area contributed by atoms with Crippen LogP contribution in [0.3, 0.4) is 0 Å². The first-order chi connectivity index (χ1) is 9.74. The summed E-state index contributed by atoms with van der Waals surface area (Å²) in [4.78, 5) is 2.49. The van der Waals surface area contributed by atoms with E-state index >= 15 is 0 Å². The average molecular weight is 291 g/mol. The molecule has 1 aliphatic rings. The van der Waals surface area contributed by atoms with Gasteiger partial charge in [0.25, 0.3) is 0 Å². The van der Waals surface area contributed by atoms with Gasteiger partial charge in [-0.1, -0.05) is 23.7 Å². The first kappa shape index (κ1) is 13.6. The third kappa shape index (κ3) is 2.87. The van der Waals surface area contributed by atoms with Gasteiger partial charge < -0.3 is 5.32 Å². The van der Waals surface area contributed by atoms with Crippen LogP contribution in [-0.2, 0) is 13.6 Å². The van der Waals surface area contributed by atoms with Gasteiger partial charge in [0.2, 0.25) is 0 Å². The molecule has 1 fully saturated rings. The Labute approximate surface area is 124 Å². The Morgan fingerprint density at radius 1 is 1.40 bits per heavy atom. The molecule has 1 N–H and O–H groups in total. The maximum Gasteiger partial charge on any atom is 0.0521 e. The van der Waals surface area contributed by atoms with Gasteiger partial charge >= 0.3 is 0 Å². The zero-order valence-electron chi connectivity index (χ0n) is 11.6. The van der Waals surface area contributed by atoms with E-state index in [4.69, 9.17) is 11.6 Å². The van der Waals surface area contributed by atoms with Crippen LogP contribution < -0.4 is 5.32 Å². The molecular formula is C15H19ClN4. The predicted octanol–water partition coefficient (Wildman–Crippen LogP) is 2.22. The molecule has 1 aliphatic heterocycles. The SMILES string of the molecule is Cn1nccc1CN1CCNCC1c1cccc(Cl)c1. The van der Waals surface area contributed by atoms with Crippen LogP contribution in [0.25, 0.3) is 0 Å². The van der Waals surface area contributed by atoms with Crippen LogP contribution in [0.5, 0.6) is 0 Å². The lowest BCUT2D eigenvalue weighted by Gasteiger charge is -2.36. The van der Waals surface area contributed by atoms with Crippen LogP contribution in [-0.4, -0.2) is 34.3 Å². The number of aromatic nitrogens is 2. The first-order valence-corrected chi connectivity index (χ1v) is 7.29. The molecular weight excluding hydrogens is 272 g/mol. The largest absolute Gasteiger partial charge is 0.314 e. The Kier molecular flexibility index (Phi) is 4.05. The van der Waals surface area contributed by atoms with Gasteiger partial charge in [-0.3, -0.25) is 9.58 Å². The molecule has 20 heavy (non-hydrogen) atoms. The number of halogens is 1. The quantitative estimate of drug-likeness (QED) is 0.941. The molecule has 0 amide bonds. The summed E-state index contributed by atoms with van der Waals surface area (Å²) in [6.07, 6.45) is 1.85. The molecule has 0 saturated carbocycles. The van der Waals surface area contributed by atoms with E-state index in [1.54, 1.807) is 0 Å². The predicted molar refractivity (Wildman–Crippen MR) is 80.7 cm³/mol. The Morgan fingerprint density at radius 2 is 2.30 bits per heavy atom. The van der Waals surface area contributed by atoms with Crippen LogP contribution in [0, 0.1) is 0 Å². The molecule has 1 aromatic carbocycles. The van der Waals surface area contributed by atoms with Crippen molar-refractivity contribution in [2.75, 3.05) is 19.6 Å². The van der Waals surface area contributed by atoms with E-state index in [0.29, 0.717) is 6.04 Å². The maximum absolute atomic E-state index is 6.13. The molecule has 0 spiro atoms. The van der Waals surface area contributed by atoms with E-state index in [1.165, 1.54) is 11.3 Å². The summed E-state index contributed by atoms with van der Waals surface area (Å²) in [6, 6.07) is 10.6. The number of nitrogens with one attached hydrogen (secondary N) is 1. The number of hydrogen-bond donors (Lipinski definition) is 1. The summed E-state index contributed by atoms with van der Waals surface area (Å²) in [7, 11) is 1.99. The highest BCUT2D eigenvalue weighted by Crippen LogP contribution is 2.25. The van der Waals surface area contributed by atoms with Crippen molar-refractivity contribution in [3.63, 3.8) is 0 Å². The van der Waals surface area contributed by atoms with E-state index in [9.17, 15) is 0 Å². The first-order valence-electron chi connectivity index (χ1n) is 6.91. The van der Waals surface area contributed by atoms with Crippen LogP contribution in [0.1, 0.15) is 17.3 Å². The van der Waals surface area contributed by atoms with E-state index in [0.717, 1.165) is 31.2 Å². The van der Waals surface area contributed by atoms with Crippen LogP contribution in [0.2, 0.25) is 5.02 Å². The molecule has 3 rings (SSSR count). The number of benzene rings is 1. The summed E-state index contributed by atoms with van der Waals surface area (Å²) in [5.74, 6) is 0. The molecule has 5 heteroatoms. The maximum atomic E-state index is 6.13. The fourth-order valence-electron chi connectivity index (χ4n) is 2.74. The van der Waals surface area contributed by atoms with Crippen molar-refractivity contribution in [2.45, 2.75) is 12.6 Å². The van der Waals surface area contributed by atoms with Gasteiger partial charge in [-0.05, 0) is 23.8 Å². The van der Waals surface area contributed by atoms with Crippen LogP contribution in [0.15, 0.2) is 36.5 Å². The number of piperazine rings is 1. The van der Waals surface area contributed by atoms with Crippen molar-refractivity contribution in [1.29, 1.82) is 0 Å². The van der Waals surface area contributed by atoms with Gasteiger partial charge in [0.15, 0.2) is 0 Å². The Balaban J connectivity index is 1.82. The zero-order valence-corrected chi connectivity index (χ0v) is 12.3. The van der Waals surface area contributed by atoms with E-state index in [1.807, 2.05) is 30.1 Å². The third-order valence-electron chi connectivity index (χ3n) is 3.88. The van der Waals surface area contributed by atoms with E-state index < -0.39 is 0 Å². The minimum Gasteiger partial charge on any atom is -0.314 e. The summed E-state index contributed by atoms with van der Waals surface area (Å²) in [6.45, 7) is 3.92. The fraction of sp³-hybridized carbons (Fsp3) is 0.400. The Bertz CT molecular complexity index is 581. The van der Waals surface area contributed by atoms with Crippen molar-refractivity contribution in [2.24, 2.45) is 7.05 Å². The summed E-state index contributed by atoms with van der Waals surface area (Å²) in [5, 5.41) is 8.52. The molecule has 2 heterocycles. The smallest absolute Gasteiger partial charge is 0.0521 e. The Hall–Kier alpha value is -1.36. The van der Waals surface area contributed by atoms with Gasteiger partial charge in [0.1, 0.15) is 0 Å². The normalized spacial score (nSPS) is 20.2. The minimum atomic E-state index is 0.359. The number of aryl methyl sites for hydroxylation is 1. The minimum absolute atomic E-state index is 0.359. The molecule has 1 aromatic heterocycles. The summed E-state index contributed by atoms with van der Waals surface area (Å²) >= 11 is 6.13. The highest BCUT2D eigenvalue weighted by molar-refractivity contribution is 6.30. The lowest BCUT2D eigenvalue weighted by atomic mass is 10.0. The number of hydrogen-bond acceptors (Lipinski definition) is 3. The fourth-order valence-corrected chi connectivity index (χ4v) is 2.94. The van der Waals surface area contributed by atoms with Gasteiger partial charge in [-0.2, -0.15) is 5.10 Å². The van der Waals surface area contributed by atoms with Gasteiger partial charge in [-0.25, -0.2) is 0 Å². The molecule has 0 aliphatic carbocycles. The van der Waals surface area contributed by atoms with E-state index in [2.05, 4.69) is 33.5 Å². The molecule has 1 unspecified atom stereocenters. The van der Waals surface area contributed by atoms with Crippen LogP contribution >= 0.6 is 11.6 Å². The van der Waals surface area contributed by atoms with Crippen LogP contribution in [0.4, 0.5) is 0 Å². The van der Waals surface area contributed by atoms with Crippen molar-refractivity contribution in [3.05, 3.63) is 52.8 Å². The molecule has 4 nitrogen and oxygen atoms in total. The summed E-state index contributed by atoms with van der Waals surface area (Å²) < 4.78 is 1.94. The highest BCUT2D eigenvalue weighted by atomic mass is 35.5. The molecule has 106 valence electrons. The topological polar surface area (TPSA) is 33.1 Å². The molecule has 1 saturated heterocycles. The monoisotopic (exact) mass is 290 g/mol.